The molecule has 15 heavy (non-hydrogen) atoms. The number of H-pyrrole nitrogens is 1. The SMILES string of the molecule is CC.CC.Cc1ccc2n[nH]c(C)c2n1. The minimum Gasteiger partial charge on any atom is -0.280 e. The molecule has 0 saturated carbocycles. The summed E-state index contributed by atoms with van der Waals surface area (Å²) in [7, 11) is 0. The number of aromatic amines is 1. The van der Waals surface area contributed by atoms with Crippen molar-refractivity contribution in [2.75, 3.05) is 0 Å². The number of nitrogens with zero attached hydrogens (tertiary/aromatic N) is 2. The largest absolute Gasteiger partial charge is 0.280 e. The van der Waals surface area contributed by atoms with Crippen molar-refractivity contribution in [3.63, 3.8) is 0 Å². The number of aryl methyl sites for hydroxylation is 2. The monoisotopic (exact) mass is 207 g/mol. The van der Waals surface area contributed by atoms with E-state index in [1.54, 1.807) is 0 Å². The standard InChI is InChI=1S/C8H9N3.2C2H6/c1-5-3-4-7-8(9-5)6(2)10-11-7;2*1-2/h3-4H,1-2H3,(H,10,11);2*1-2H3. The summed E-state index contributed by atoms with van der Waals surface area (Å²) in [5.74, 6) is 0. The molecule has 0 aliphatic rings. The second-order valence-electron chi connectivity index (χ2n) is 2.67. The third-order valence-electron chi connectivity index (χ3n) is 1.71. The first-order valence-electron chi connectivity index (χ1n) is 5.56. The topological polar surface area (TPSA) is 41.6 Å². The van der Waals surface area contributed by atoms with Crippen LogP contribution in [-0.4, -0.2) is 15.2 Å². The van der Waals surface area contributed by atoms with E-state index in [0.717, 1.165) is 22.4 Å². The van der Waals surface area contributed by atoms with E-state index < -0.39 is 0 Å². The highest BCUT2D eigenvalue weighted by Crippen LogP contribution is 2.11. The number of pyridine rings is 1. The number of fused-ring (bicyclic) bond motifs is 1. The summed E-state index contributed by atoms with van der Waals surface area (Å²) in [5.41, 5.74) is 3.98. The van der Waals surface area contributed by atoms with Crippen LogP contribution in [0.1, 0.15) is 39.1 Å². The number of aromatic nitrogens is 3. The van der Waals surface area contributed by atoms with Crippen LogP contribution in [0, 0.1) is 13.8 Å². The van der Waals surface area contributed by atoms with E-state index >= 15 is 0 Å². The summed E-state index contributed by atoms with van der Waals surface area (Å²) in [6.45, 7) is 12.0. The maximum atomic E-state index is 4.34. The second-order valence-corrected chi connectivity index (χ2v) is 2.67. The zero-order chi connectivity index (χ0) is 11.8. The van der Waals surface area contributed by atoms with Gasteiger partial charge >= 0.3 is 0 Å². The average molecular weight is 207 g/mol. The van der Waals surface area contributed by atoms with Gasteiger partial charge in [0.05, 0.1) is 5.69 Å². The Morgan fingerprint density at radius 1 is 1.00 bits per heavy atom. The van der Waals surface area contributed by atoms with Crippen molar-refractivity contribution in [1.82, 2.24) is 15.2 Å². The first-order valence-corrected chi connectivity index (χ1v) is 5.56. The normalized spacial score (nSPS) is 8.67. The van der Waals surface area contributed by atoms with E-state index in [0.29, 0.717) is 0 Å². The molecule has 2 aromatic heterocycles. The van der Waals surface area contributed by atoms with Crippen LogP contribution in [-0.2, 0) is 0 Å². The molecule has 2 rings (SSSR count). The lowest BCUT2D eigenvalue weighted by molar-refractivity contribution is 1.07. The van der Waals surface area contributed by atoms with E-state index in [1.807, 2.05) is 53.7 Å². The van der Waals surface area contributed by atoms with Crippen LogP contribution >= 0.6 is 0 Å². The highest BCUT2D eigenvalue weighted by atomic mass is 15.1. The van der Waals surface area contributed by atoms with Gasteiger partial charge in [-0.25, -0.2) is 4.98 Å². The molecule has 0 aromatic carbocycles. The Kier molecular flexibility index (Phi) is 6.34. The molecule has 0 radical (unpaired) electrons. The Labute approximate surface area is 91.9 Å². The molecule has 3 nitrogen and oxygen atoms in total. The average Bonchev–Trinajstić information content (AvgIpc) is 2.66. The second kappa shape index (κ2) is 6.98. The van der Waals surface area contributed by atoms with Crippen LogP contribution in [0.15, 0.2) is 12.1 Å². The van der Waals surface area contributed by atoms with Gasteiger partial charge in [-0.2, -0.15) is 5.10 Å². The first-order chi connectivity index (χ1) is 7.27. The van der Waals surface area contributed by atoms with E-state index in [1.165, 1.54) is 0 Å². The fourth-order valence-electron chi connectivity index (χ4n) is 1.11. The van der Waals surface area contributed by atoms with E-state index in [-0.39, 0.29) is 0 Å². The van der Waals surface area contributed by atoms with Crippen LogP contribution in [0.4, 0.5) is 0 Å². The molecule has 0 atom stereocenters. The van der Waals surface area contributed by atoms with Crippen LogP contribution in [0.3, 0.4) is 0 Å². The van der Waals surface area contributed by atoms with Crippen LogP contribution in [0.25, 0.3) is 11.0 Å². The zero-order valence-corrected chi connectivity index (χ0v) is 10.5. The number of hydrogen-bond donors (Lipinski definition) is 1. The van der Waals surface area contributed by atoms with E-state index in [9.17, 15) is 0 Å². The van der Waals surface area contributed by atoms with Gasteiger partial charge in [0.1, 0.15) is 11.0 Å². The Balaban J connectivity index is 0.000000442. The molecule has 0 spiro atoms. The molecule has 2 heterocycles. The van der Waals surface area contributed by atoms with Gasteiger partial charge in [-0.05, 0) is 26.0 Å². The third-order valence-corrected chi connectivity index (χ3v) is 1.71. The summed E-state index contributed by atoms with van der Waals surface area (Å²) < 4.78 is 0. The molecule has 0 aliphatic carbocycles. The molecule has 0 aliphatic heterocycles. The van der Waals surface area contributed by atoms with Gasteiger partial charge in [0.25, 0.3) is 0 Å². The minimum atomic E-state index is 0.938. The highest BCUT2D eigenvalue weighted by molar-refractivity contribution is 5.76. The molecular formula is C12H21N3. The fraction of sp³-hybridized carbons (Fsp3) is 0.500. The van der Waals surface area contributed by atoms with Gasteiger partial charge in [0, 0.05) is 5.69 Å². The molecule has 0 saturated heterocycles. The quantitative estimate of drug-likeness (QED) is 0.716. The first kappa shape index (κ1) is 13.6. The van der Waals surface area contributed by atoms with Crippen molar-refractivity contribution in [3.8, 4) is 0 Å². The summed E-state index contributed by atoms with van der Waals surface area (Å²) in [4.78, 5) is 4.34. The summed E-state index contributed by atoms with van der Waals surface area (Å²) in [6.07, 6.45) is 0. The summed E-state index contributed by atoms with van der Waals surface area (Å²) >= 11 is 0. The Morgan fingerprint density at radius 2 is 1.60 bits per heavy atom. The van der Waals surface area contributed by atoms with E-state index in [2.05, 4.69) is 15.2 Å². The van der Waals surface area contributed by atoms with Gasteiger partial charge in [0.15, 0.2) is 0 Å². The zero-order valence-electron chi connectivity index (χ0n) is 10.5. The van der Waals surface area contributed by atoms with Crippen molar-refractivity contribution in [3.05, 3.63) is 23.5 Å². The maximum absolute atomic E-state index is 4.34. The number of nitrogens with one attached hydrogen (secondary N) is 1. The molecule has 0 fully saturated rings. The van der Waals surface area contributed by atoms with Crippen LogP contribution in [0.2, 0.25) is 0 Å². The maximum Gasteiger partial charge on any atom is 0.111 e. The highest BCUT2D eigenvalue weighted by Gasteiger charge is 2.00. The molecule has 0 amide bonds. The van der Waals surface area contributed by atoms with Gasteiger partial charge < -0.3 is 0 Å². The fourth-order valence-corrected chi connectivity index (χ4v) is 1.11. The van der Waals surface area contributed by atoms with Gasteiger partial charge in [-0.15, -0.1) is 0 Å². The molecule has 2 aromatic rings. The lowest BCUT2D eigenvalue weighted by atomic mass is 10.3. The van der Waals surface area contributed by atoms with Gasteiger partial charge in [-0.3, -0.25) is 5.10 Å². The number of hydrogen-bond acceptors (Lipinski definition) is 2. The lowest BCUT2D eigenvalue weighted by Crippen LogP contribution is -1.80. The molecule has 3 heteroatoms. The molecular weight excluding hydrogens is 186 g/mol. The smallest absolute Gasteiger partial charge is 0.111 e. The van der Waals surface area contributed by atoms with Gasteiger partial charge in [0.2, 0.25) is 0 Å². The number of rotatable bonds is 0. The Hall–Kier alpha value is -1.38. The van der Waals surface area contributed by atoms with Crippen molar-refractivity contribution >= 4 is 11.0 Å². The van der Waals surface area contributed by atoms with Crippen LogP contribution in [0.5, 0.6) is 0 Å². The van der Waals surface area contributed by atoms with Gasteiger partial charge in [-0.1, -0.05) is 27.7 Å². The van der Waals surface area contributed by atoms with Crippen molar-refractivity contribution in [1.29, 1.82) is 0 Å². The summed E-state index contributed by atoms with van der Waals surface area (Å²) in [5, 5.41) is 6.96. The molecule has 1 N–H and O–H groups in total. The van der Waals surface area contributed by atoms with Crippen molar-refractivity contribution < 1.29 is 0 Å². The van der Waals surface area contributed by atoms with Crippen molar-refractivity contribution in [2.24, 2.45) is 0 Å². The predicted molar refractivity (Wildman–Crippen MR) is 66.1 cm³/mol. The van der Waals surface area contributed by atoms with Crippen molar-refractivity contribution in [2.45, 2.75) is 41.5 Å². The summed E-state index contributed by atoms with van der Waals surface area (Å²) in [6, 6.07) is 3.93. The predicted octanol–water partition coefficient (Wildman–Crippen LogP) is 3.63. The Bertz CT molecular complexity index is 391. The van der Waals surface area contributed by atoms with E-state index in [4.69, 9.17) is 0 Å². The minimum absolute atomic E-state index is 0.938. The molecule has 0 unspecified atom stereocenters. The third kappa shape index (κ3) is 3.35. The lowest BCUT2D eigenvalue weighted by Gasteiger charge is -1.90. The Morgan fingerprint density at radius 3 is 2.20 bits per heavy atom. The molecule has 0 bridgehead atoms. The molecule has 84 valence electrons. The van der Waals surface area contributed by atoms with Crippen LogP contribution < -0.4 is 0 Å².